The monoisotopic (exact) mass is 258 g/mol. The zero-order valence-electron chi connectivity index (χ0n) is 12.8. The summed E-state index contributed by atoms with van der Waals surface area (Å²) in [5, 5.41) is 10.4. The number of phenols is 1. The van der Waals surface area contributed by atoms with Crippen LogP contribution in [0.5, 0.6) is 5.75 Å². The normalized spacial score (nSPS) is 35.8. The highest BCUT2D eigenvalue weighted by Gasteiger charge is 2.55. The second-order valence-electron chi connectivity index (χ2n) is 7.56. The van der Waals surface area contributed by atoms with E-state index in [1.165, 1.54) is 24.0 Å². The van der Waals surface area contributed by atoms with E-state index in [1.807, 2.05) is 6.07 Å². The SMILES string of the molecule is Cc1cc(C)c([C@@H]2C[C@@H]3C[C@H]2[C@@H](C)C3(C)C)c(O)c1. The van der Waals surface area contributed by atoms with E-state index in [-0.39, 0.29) is 0 Å². The van der Waals surface area contributed by atoms with Gasteiger partial charge in [0.25, 0.3) is 0 Å². The van der Waals surface area contributed by atoms with Gasteiger partial charge in [-0.25, -0.2) is 0 Å². The largest absolute Gasteiger partial charge is 0.508 e. The zero-order valence-corrected chi connectivity index (χ0v) is 12.8. The number of phenolic OH excluding ortho intramolecular Hbond substituents is 1. The predicted molar refractivity (Wildman–Crippen MR) is 79.5 cm³/mol. The van der Waals surface area contributed by atoms with Crippen LogP contribution in [0.1, 0.15) is 56.2 Å². The fourth-order valence-electron chi connectivity index (χ4n) is 4.92. The fraction of sp³-hybridized carbons (Fsp3) is 0.667. The lowest BCUT2D eigenvalue weighted by atomic mass is 9.64. The minimum Gasteiger partial charge on any atom is -0.508 e. The standard InChI is InChI=1S/C18H26O/c1-10-6-11(2)17(16(19)7-10)15-9-13-8-14(15)12(3)18(13,4)5/h6-7,12-15,19H,8-9H2,1-5H3/t12-,13+,14+,15-/m1/s1. The number of aryl methyl sites for hydroxylation is 2. The van der Waals surface area contributed by atoms with Crippen LogP contribution in [0, 0.1) is 37.0 Å². The Bertz CT molecular complexity index is 487. The van der Waals surface area contributed by atoms with Crippen LogP contribution in [-0.2, 0) is 0 Å². The Morgan fingerprint density at radius 3 is 2.37 bits per heavy atom. The average molecular weight is 258 g/mol. The van der Waals surface area contributed by atoms with Gasteiger partial charge in [-0.15, -0.1) is 0 Å². The Labute approximate surface area is 117 Å². The number of fused-ring (bicyclic) bond motifs is 2. The summed E-state index contributed by atoms with van der Waals surface area (Å²) >= 11 is 0. The Morgan fingerprint density at radius 2 is 1.84 bits per heavy atom. The molecule has 1 nitrogen and oxygen atoms in total. The van der Waals surface area contributed by atoms with E-state index in [4.69, 9.17) is 0 Å². The van der Waals surface area contributed by atoms with Gasteiger partial charge in [-0.3, -0.25) is 0 Å². The van der Waals surface area contributed by atoms with E-state index in [2.05, 4.69) is 40.7 Å². The van der Waals surface area contributed by atoms with Crippen LogP contribution >= 0.6 is 0 Å². The molecule has 4 atom stereocenters. The van der Waals surface area contributed by atoms with Gasteiger partial charge >= 0.3 is 0 Å². The number of rotatable bonds is 1. The van der Waals surface area contributed by atoms with E-state index in [0.29, 0.717) is 17.1 Å². The maximum atomic E-state index is 10.4. The number of benzene rings is 1. The second-order valence-corrected chi connectivity index (χ2v) is 7.56. The first-order valence-electron chi connectivity index (χ1n) is 7.62. The second kappa shape index (κ2) is 4.01. The fourth-order valence-corrected chi connectivity index (χ4v) is 4.92. The first kappa shape index (κ1) is 13.0. The molecular formula is C18H26O. The van der Waals surface area contributed by atoms with Crippen molar-refractivity contribution in [1.29, 1.82) is 0 Å². The lowest BCUT2D eigenvalue weighted by molar-refractivity contribution is 0.121. The van der Waals surface area contributed by atoms with Gasteiger partial charge in [0.15, 0.2) is 0 Å². The third kappa shape index (κ3) is 1.74. The lowest BCUT2D eigenvalue weighted by Gasteiger charge is -2.40. The lowest BCUT2D eigenvalue weighted by Crippen LogP contribution is -2.32. The van der Waals surface area contributed by atoms with Gasteiger partial charge < -0.3 is 5.11 Å². The molecule has 2 aliphatic carbocycles. The molecule has 1 heteroatoms. The van der Waals surface area contributed by atoms with Crippen molar-refractivity contribution in [2.45, 2.75) is 53.4 Å². The van der Waals surface area contributed by atoms with Crippen molar-refractivity contribution in [3.8, 4) is 5.75 Å². The van der Waals surface area contributed by atoms with Gasteiger partial charge in [0, 0.05) is 5.56 Å². The van der Waals surface area contributed by atoms with Gasteiger partial charge in [0.05, 0.1) is 0 Å². The van der Waals surface area contributed by atoms with Crippen molar-refractivity contribution in [3.63, 3.8) is 0 Å². The van der Waals surface area contributed by atoms with Crippen LogP contribution in [0.25, 0.3) is 0 Å². The van der Waals surface area contributed by atoms with Crippen molar-refractivity contribution in [1.82, 2.24) is 0 Å². The van der Waals surface area contributed by atoms with Crippen LogP contribution < -0.4 is 0 Å². The first-order valence-corrected chi connectivity index (χ1v) is 7.62. The van der Waals surface area contributed by atoms with E-state index in [9.17, 15) is 5.11 Å². The van der Waals surface area contributed by atoms with Gasteiger partial charge in [-0.2, -0.15) is 0 Å². The molecule has 0 heterocycles. The molecule has 3 rings (SSSR count). The minimum atomic E-state index is 0.482. The topological polar surface area (TPSA) is 20.2 Å². The third-order valence-corrected chi connectivity index (χ3v) is 6.36. The zero-order chi connectivity index (χ0) is 13.9. The molecule has 0 amide bonds. The molecule has 2 fully saturated rings. The summed E-state index contributed by atoms with van der Waals surface area (Å²) in [6, 6.07) is 4.15. The maximum Gasteiger partial charge on any atom is 0.119 e. The molecule has 0 unspecified atom stereocenters. The van der Waals surface area contributed by atoms with Crippen molar-refractivity contribution in [2.24, 2.45) is 23.2 Å². The molecule has 2 aliphatic rings. The molecule has 19 heavy (non-hydrogen) atoms. The first-order chi connectivity index (χ1) is 8.82. The van der Waals surface area contributed by atoms with Gasteiger partial charge in [-0.1, -0.05) is 26.8 Å². The highest BCUT2D eigenvalue weighted by molar-refractivity contribution is 5.45. The van der Waals surface area contributed by atoms with E-state index in [0.717, 1.165) is 23.3 Å². The highest BCUT2D eigenvalue weighted by Crippen LogP contribution is 2.64. The average Bonchev–Trinajstić information content (AvgIpc) is 2.78. The molecule has 2 bridgehead atoms. The molecule has 1 aromatic rings. The molecule has 0 radical (unpaired) electrons. The van der Waals surface area contributed by atoms with Crippen LogP contribution in [0.2, 0.25) is 0 Å². The highest BCUT2D eigenvalue weighted by atomic mass is 16.3. The molecule has 0 saturated heterocycles. The molecule has 2 saturated carbocycles. The van der Waals surface area contributed by atoms with Crippen molar-refractivity contribution in [2.75, 3.05) is 0 Å². The van der Waals surface area contributed by atoms with Gasteiger partial charge in [-0.05, 0) is 73.0 Å². The number of aromatic hydroxyl groups is 1. The van der Waals surface area contributed by atoms with Crippen molar-refractivity contribution < 1.29 is 5.11 Å². The van der Waals surface area contributed by atoms with Crippen LogP contribution in [-0.4, -0.2) is 5.11 Å². The molecule has 1 aromatic carbocycles. The molecule has 104 valence electrons. The molecular weight excluding hydrogens is 232 g/mol. The van der Waals surface area contributed by atoms with Crippen LogP contribution in [0.4, 0.5) is 0 Å². The summed E-state index contributed by atoms with van der Waals surface area (Å²) in [6.45, 7) is 11.5. The summed E-state index contributed by atoms with van der Waals surface area (Å²) in [6.07, 6.45) is 2.62. The third-order valence-electron chi connectivity index (χ3n) is 6.36. The minimum absolute atomic E-state index is 0.482. The van der Waals surface area contributed by atoms with E-state index in [1.54, 1.807) is 0 Å². The predicted octanol–water partition coefficient (Wildman–Crippen LogP) is 4.79. The quantitative estimate of drug-likeness (QED) is 0.767. The number of hydrogen-bond acceptors (Lipinski definition) is 1. The van der Waals surface area contributed by atoms with Crippen LogP contribution in [0.3, 0.4) is 0 Å². The maximum absolute atomic E-state index is 10.4. The molecule has 0 aromatic heterocycles. The molecule has 0 spiro atoms. The van der Waals surface area contributed by atoms with E-state index < -0.39 is 0 Å². The summed E-state index contributed by atoms with van der Waals surface area (Å²) in [5.74, 6) is 3.45. The van der Waals surface area contributed by atoms with E-state index >= 15 is 0 Å². The Hall–Kier alpha value is -0.980. The van der Waals surface area contributed by atoms with Gasteiger partial charge in [0.2, 0.25) is 0 Å². The summed E-state index contributed by atoms with van der Waals surface area (Å²) in [4.78, 5) is 0. The van der Waals surface area contributed by atoms with Crippen molar-refractivity contribution >= 4 is 0 Å². The van der Waals surface area contributed by atoms with Crippen LogP contribution in [0.15, 0.2) is 12.1 Å². The van der Waals surface area contributed by atoms with Crippen molar-refractivity contribution in [3.05, 3.63) is 28.8 Å². The van der Waals surface area contributed by atoms with Gasteiger partial charge in [0.1, 0.15) is 5.75 Å². The summed E-state index contributed by atoms with van der Waals surface area (Å²) < 4.78 is 0. The number of hydrogen-bond donors (Lipinski definition) is 1. The Balaban J connectivity index is 1.99. The Morgan fingerprint density at radius 1 is 1.16 bits per heavy atom. The smallest absolute Gasteiger partial charge is 0.119 e. The Kier molecular flexibility index (Phi) is 2.75. The summed E-state index contributed by atoms with van der Waals surface area (Å²) in [5.41, 5.74) is 4.16. The molecule has 0 aliphatic heterocycles. The molecule has 1 N–H and O–H groups in total. The summed E-state index contributed by atoms with van der Waals surface area (Å²) in [7, 11) is 0.